The molecule has 3 nitrogen and oxygen atoms in total. The van der Waals surface area contributed by atoms with E-state index in [0.29, 0.717) is 12.1 Å². The molecule has 0 unspecified atom stereocenters. The number of aryl methyl sites for hydroxylation is 1. The summed E-state index contributed by atoms with van der Waals surface area (Å²) in [6.45, 7) is 1.97. The van der Waals surface area contributed by atoms with Crippen molar-refractivity contribution in [3.8, 4) is 0 Å². The fourth-order valence-electron chi connectivity index (χ4n) is 2.74. The van der Waals surface area contributed by atoms with Crippen LogP contribution < -0.4 is 4.72 Å². The van der Waals surface area contributed by atoms with Crippen molar-refractivity contribution in [3.63, 3.8) is 0 Å². The first-order valence-corrected chi connectivity index (χ1v) is 8.73. The van der Waals surface area contributed by atoms with Crippen LogP contribution in [0.5, 0.6) is 0 Å². The van der Waals surface area contributed by atoms with Gasteiger partial charge >= 0.3 is 0 Å². The highest BCUT2D eigenvalue weighted by atomic mass is 32.2. The van der Waals surface area contributed by atoms with E-state index in [9.17, 15) is 12.8 Å². The Kier molecular flexibility index (Phi) is 3.78. The van der Waals surface area contributed by atoms with Crippen molar-refractivity contribution in [2.24, 2.45) is 0 Å². The third-order valence-corrected chi connectivity index (χ3v) is 5.83. The number of halogens is 1. The summed E-state index contributed by atoms with van der Waals surface area (Å²) >= 11 is 0. The second-order valence-electron chi connectivity index (χ2n) is 5.88. The average molecular weight is 319 g/mol. The molecule has 116 valence electrons. The molecule has 1 fully saturated rings. The van der Waals surface area contributed by atoms with Crippen molar-refractivity contribution in [1.29, 1.82) is 0 Å². The summed E-state index contributed by atoms with van der Waals surface area (Å²) in [7, 11) is -3.63. The molecule has 0 amide bonds. The molecular weight excluding hydrogens is 301 g/mol. The molecule has 1 N–H and O–H groups in total. The van der Waals surface area contributed by atoms with Crippen molar-refractivity contribution in [2.45, 2.75) is 30.1 Å². The molecule has 3 rings (SSSR count). The Hall–Kier alpha value is -1.72. The summed E-state index contributed by atoms with van der Waals surface area (Å²) in [4.78, 5) is 0.137. The summed E-state index contributed by atoms with van der Waals surface area (Å²) in [5.41, 5.74) is 1.48. The largest absolute Gasteiger partial charge is 0.240 e. The van der Waals surface area contributed by atoms with Gasteiger partial charge in [0.2, 0.25) is 10.0 Å². The molecule has 2 aromatic rings. The maximum Gasteiger partial charge on any atom is 0.240 e. The van der Waals surface area contributed by atoms with Crippen molar-refractivity contribution < 1.29 is 12.8 Å². The zero-order valence-electron chi connectivity index (χ0n) is 12.3. The molecule has 0 aromatic heterocycles. The highest BCUT2D eigenvalue weighted by Crippen LogP contribution is 2.47. The zero-order chi connectivity index (χ0) is 15.8. The molecular formula is C17H18FNO2S. The predicted molar refractivity (Wildman–Crippen MR) is 83.7 cm³/mol. The van der Waals surface area contributed by atoms with Gasteiger partial charge in [-0.05, 0) is 49.1 Å². The van der Waals surface area contributed by atoms with E-state index < -0.39 is 15.8 Å². The number of hydrogen-bond acceptors (Lipinski definition) is 2. The lowest BCUT2D eigenvalue weighted by atomic mass is 9.96. The van der Waals surface area contributed by atoms with Gasteiger partial charge in [0.25, 0.3) is 0 Å². The van der Waals surface area contributed by atoms with Crippen LogP contribution in [-0.4, -0.2) is 15.0 Å². The molecule has 1 saturated carbocycles. The molecule has 22 heavy (non-hydrogen) atoms. The lowest BCUT2D eigenvalue weighted by molar-refractivity contribution is 0.565. The van der Waals surface area contributed by atoms with Crippen LogP contribution in [0.4, 0.5) is 4.39 Å². The number of rotatable bonds is 5. The van der Waals surface area contributed by atoms with E-state index in [4.69, 9.17) is 0 Å². The van der Waals surface area contributed by atoms with Crippen LogP contribution >= 0.6 is 0 Å². The van der Waals surface area contributed by atoms with E-state index >= 15 is 0 Å². The Morgan fingerprint density at radius 2 is 1.82 bits per heavy atom. The molecule has 0 aliphatic heterocycles. The minimum Gasteiger partial charge on any atom is -0.210 e. The molecule has 1 aliphatic rings. The standard InChI is InChI=1S/C17H18FNO2S/c1-13-11-15(18)7-8-16(13)22(20,21)19-12-17(9-10-17)14-5-3-2-4-6-14/h2-8,11,19H,9-10,12H2,1H3. The monoisotopic (exact) mass is 319 g/mol. The highest BCUT2D eigenvalue weighted by Gasteiger charge is 2.44. The SMILES string of the molecule is Cc1cc(F)ccc1S(=O)(=O)NCC1(c2ccccc2)CC1. The number of hydrogen-bond donors (Lipinski definition) is 1. The quantitative estimate of drug-likeness (QED) is 0.920. The van der Waals surface area contributed by atoms with Gasteiger partial charge < -0.3 is 0 Å². The maximum atomic E-state index is 13.1. The first-order chi connectivity index (χ1) is 10.4. The molecule has 0 heterocycles. The Labute approximate surface area is 130 Å². The third-order valence-electron chi connectivity index (χ3n) is 4.27. The van der Waals surface area contributed by atoms with Crippen LogP contribution in [0, 0.1) is 12.7 Å². The topological polar surface area (TPSA) is 46.2 Å². The summed E-state index contributed by atoms with van der Waals surface area (Å²) in [5.74, 6) is -0.431. The Bertz CT molecular complexity index is 784. The molecule has 2 aromatic carbocycles. The lowest BCUT2D eigenvalue weighted by Crippen LogP contribution is -2.32. The minimum absolute atomic E-state index is 0.0950. The number of nitrogens with one attached hydrogen (secondary N) is 1. The molecule has 5 heteroatoms. The van der Waals surface area contributed by atoms with Gasteiger partial charge in [-0.2, -0.15) is 0 Å². The van der Waals surface area contributed by atoms with E-state index in [0.717, 1.165) is 18.4 Å². The highest BCUT2D eigenvalue weighted by molar-refractivity contribution is 7.89. The van der Waals surface area contributed by atoms with Gasteiger partial charge in [0.05, 0.1) is 4.90 Å². The van der Waals surface area contributed by atoms with Crippen LogP contribution in [0.2, 0.25) is 0 Å². The van der Waals surface area contributed by atoms with Crippen LogP contribution in [0.25, 0.3) is 0 Å². The zero-order valence-corrected chi connectivity index (χ0v) is 13.2. The molecule has 0 atom stereocenters. The van der Waals surface area contributed by atoms with Crippen LogP contribution in [0.3, 0.4) is 0 Å². The molecule has 0 bridgehead atoms. The van der Waals surface area contributed by atoms with Crippen molar-refractivity contribution in [2.75, 3.05) is 6.54 Å². The third kappa shape index (κ3) is 2.91. The van der Waals surface area contributed by atoms with E-state index in [-0.39, 0.29) is 10.3 Å². The maximum absolute atomic E-state index is 13.1. The molecule has 0 radical (unpaired) electrons. The molecule has 1 aliphatic carbocycles. The lowest BCUT2D eigenvalue weighted by Gasteiger charge is -2.17. The normalized spacial score (nSPS) is 16.5. The molecule has 0 saturated heterocycles. The fourth-order valence-corrected chi connectivity index (χ4v) is 4.09. The van der Waals surface area contributed by atoms with Gasteiger partial charge in [0, 0.05) is 12.0 Å². The van der Waals surface area contributed by atoms with E-state index in [2.05, 4.69) is 4.72 Å². The van der Waals surface area contributed by atoms with E-state index in [1.54, 1.807) is 6.92 Å². The van der Waals surface area contributed by atoms with Crippen LogP contribution in [-0.2, 0) is 15.4 Å². The summed E-state index contributed by atoms with van der Waals surface area (Å²) < 4.78 is 40.7. The van der Waals surface area contributed by atoms with E-state index in [1.807, 2.05) is 30.3 Å². The van der Waals surface area contributed by atoms with Gasteiger partial charge in [-0.25, -0.2) is 17.5 Å². The van der Waals surface area contributed by atoms with Crippen LogP contribution in [0.15, 0.2) is 53.4 Å². The first kappa shape index (κ1) is 15.2. The van der Waals surface area contributed by atoms with Crippen molar-refractivity contribution in [1.82, 2.24) is 4.72 Å². The minimum atomic E-state index is -3.63. The summed E-state index contributed by atoms with van der Waals surface area (Å²) in [6.07, 6.45) is 1.95. The van der Waals surface area contributed by atoms with Gasteiger partial charge in [0.1, 0.15) is 5.82 Å². The Morgan fingerprint density at radius 3 is 2.41 bits per heavy atom. The smallest absolute Gasteiger partial charge is 0.210 e. The van der Waals surface area contributed by atoms with E-state index in [1.165, 1.54) is 18.2 Å². The summed E-state index contributed by atoms with van der Waals surface area (Å²) in [6, 6.07) is 13.7. The Morgan fingerprint density at radius 1 is 1.14 bits per heavy atom. The second-order valence-corrected chi connectivity index (χ2v) is 7.62. The second kappa shape index (κ2) is 5.48. The Balaban J connectivity index is 1.79. The van der Waals surface area contributed by atoms with Gasteiger partial charge in [-0.1, -0.05) is 30.3 Å². The van der Waals surface area contributed by atoms with Crippen molar-refractivity contribution >= 4 is 10.0 Å². The number of benzene rings is 2. The predicted octanol–water partition coefficient (Wildman–Crippen LogP) is 3.14. The number of sulfonamides is 1. The van der Waals surface area contributed by atoms with Gasteiger partial charge in [0.15, 0.2) is 0 Å². The summed E-state index contributed by atoms with van der Waals surface area (Å²) in [5, 5.41) is 0. The van der Waals surface area contributed by atoms with Crippen molar-refractivity contribution in [3.05, 3.63) is 65.5 Å². The molecule has 0 spiro atoms. The average Bonchev–Trinajstić information content (AvgIpc) is 3.27. The fraction of sp³-hybridized carbons (Fsp3) is 0.294. The van der Waals surface area contributed by atoms with Crippen LogP contribution in [0.1, 0.15) is 24.0 Å². The van der Waals surface area contributed by atoms with Gasteiger partial charge in [-0.3, -0.25) is 0 Å². The van der Waals surface area contributed by atoms with Gasteiger partial charge in [-0.15, -0.1) is 0 Å². The first-order valence-electron chi connectivity index (χ1n) is 7.24.